The van der Waals surface area contributed by atoms with Gasteiger partial charge in [0.1, 0.15) is 15.5 Å². The first-order valence-corrected chi connectivity index (χ1v) is 22.3. The molecular formula is C32H41N11O12S4. The molecule has 27 heteroatoms. The SMILES string of the molecule is CCOS(=O)(=O)c1cc(Nc2nc(Nc3ccccc3S(N)(=O)=O)nc(OC(C)C)n2)c2c(O)c(N=Nc3cccc(S(N)(=O)=O)c3)c(S(=O)(=O)OCC)cc2c1.N.N. The Bertz CT molecular complexity index is 2840. The van der Waals surface area contributed by atoms with Crippen molar-refractivity contribution in [1.29, 1.82) is 0 Å². The lowest BCUT2D eigenvalue weighted by atomic mass is 10.1. The lowest BCUT2D eigenvalue weighted by Crippen LogP contribution is -2.15. The van der Waals surface area contributed by atoms with Crippen LogP contribution in [-0.2, 0) is 48.6 Å². The molecule has 0 aliphatic rings. The van der Waals surface area contributed by atoms with E-state index in [4.69, 9.17) is 23.4 Å². The summed E-state index contributed by atoms with van der Waals surface area (Å²) in [4.78, 5) is 10.8. The van der Waals surface area contributed by atoms with Crippen molar-refractivity contribution in [2.45, 2.75) is 53.4 Å². The molecule has 0 saturated carbocycles. The largest absolute Gasteiger partial charge is 0.505 e. The average molecular weight is 900 g/mol. The summed E-state index contributed by atoms with van der Waals surface area (Å²) in [6.45, 7) is 5.53. The molecule has 23 nitrogen and oxygen atoms in total. The lowest BCUT2D eigenvalue weighted by molar-refractivity contribution is 0.222. The second-order valence-corrected chi connectivity index (χ2v) is 18.1. The number of hydrogen-bond acceptors (Lipinski definition) is 21. The highest BCUT2D eigenvalue weighted by molar-refractivity contribution is 7.89. The Hall–Kier alpha value is -5.49. The van der Waals surface area contributed by atoms with Crippen molar-refractivity contribution in [3.05, 3.63) is 66.7 Å². The van der Waals surface area contributed by atoms with Gasteiger partial charge in [0, 0.05) is 5.39 Å². The van der Waals surface area contributed by atoms with Gasteiger partial charge in [0.15, 0.2) is 5.75 Å². The predicted molar refractivity (Wildman–Crippen MR) is 215 cm³/mol. The van der Waals surface area contributed by atoms with Gasteiger partial charge in [-0.2, -0.15) is 36.9 Å². The molecule has 5 rings (SSSR count). The Labute approximate surface area is 339 Å². The first-order chi connectivity index (χ1) is 26.6. The smallest absolute Gasteiger partial charge is 0.323 e. The van der Waals surface area contributed by atoms with Crippen LogP contribution in [0.5, 0.6) is 11.8 Å². The van der Waals surface area contributed by atoms with E-state index in [1.807, 2.05) is 0 Å². The van der Waals surface area contributed by atoms with Gasteiger partial charge in [-0.15, -0.1) is 5.11 Å². The summed E-state index contributed by atoms with van der Waals surface area (Å²) in [7, 11) is -17.6. The number of anilines is 4. The van der Waals surface area contributed by atoms with E-state index in [0.29, 0.717) is 0 Å². The number of aromatic nitrogens is 3. The number of hydrogen-bond donors (Lipinski definition) is 7. The Kier molecular flexibility index (Phi) is 15.1. The highest BCUT2D eigenvalue weighted by atomic mass is 32.2. The van der Waals surface area contributed by atoms with Gasteiger partial charge in [0.25, 0.3) is 20.2 Å². The standard InChI is InChI=1S/C32H35N9O12S4.2H3N/c1-5-51-56(47,48)22-14-19-15-26(57(49,50)52-6-2)28(41-40-20-10-9-11-21(16-20)54(33,43)44)29(42)27(19)24(17-22)36-31-37-30(38-32(39-31)53-18(3)4)35-23-12-7-8-13-25(23)55(34,45)46;;/h7-18,42H,5-6H2,1-4H3,(H2,33,43,44)(H2,34,45,46)(H2,35,36,37,38,39);2*1H3. The van der Waals surface area contributed by atoms with E-state index >= 15 is 0 Å². The molecule has 0 unspecified atom stereocenters. The third-order valence-electron chi connectivity index (χ3n) is 7.28. The maximum atomic E-state index is 13.4. The molecule has 4 aromatic carbocycles. The molecule has 5 aromatic rings. The summed E-state index contributed by atoms with van der Waals surface area (Å²) < 4.78 is 117. The van der Waals surface area contributed by atoms with Gasteiger partial charge >= 0.3 is 6.01 Å². The van der Waals surface area contributed by atoms with Crippen LogP contribution in [0.25, 0.3) is 10.8 Å². The van der Waals surface area contributed by atoms with Gasteiger partial charge in [-0.3, -0.25) is 8.37 Å². The van der Waals surface area contributed by atoms with Crippen LogP contribution >= 0.6 is 0 Å². The van der Waals surface area contributed by atoms with Crippen LogP contribution in [0.4, 0.5) is 34.6 Å². The molecule has 0 atom stereocenters. The van der Waals surface area contributed by atoms with Gasteiger partial charge in [0.2, 0.25) is 31.9 Å². The van der Waals surface area contributed by atoms with E-state index in [0.717, 1.165) is 24.3 Å². The van der Waals surface area contributed by atoms with Gasteiger partial charge in [-0.1, -0.05) is 18.2 Å². The number of nitrogens with zero attached hydrogens (tertiary/aromatic N) is 5. The molecule has 1 heterocycles. The maximum Gasteiger partial charge on any atom is 0.323 e. The molecule has 0 aliphatic heterocycles. The monoisotopic (exact) mass is 899 g/mol. The maximum absolute atomic E-state index is 13.4. The molecular weight excluding hydrogens is 859 g/mol. The number of ether oxygens (including phenoxy) is 1. The van der Waals surface area contributed by atoms with Crippen LogP contribution < -0.4 is 37.9 Å². The number of sulfonamides is 2. The number of phenols is 1. The van der Waals surface area contributed by atoms with Crippen LogP contribution in [0, 0.1) is 0 Å². The second kappa shape index (κ2) is 18.6. The van der Waals surface area contributed by atoms with Crippen LogP contribution in [0.3, 0.4) is 0 Å². The van der Waals surface area contributed by atoms with E-state index in [1.165, 1.54) is 56.3 Å². The highest BCUT2D eigenvalue weighted by Gasteiger charge is 2.28. The number of nitrogens with one attached hydrogen (secondary N) is 2. The Morgan fingerprint density at radius 1 is 0.695 bits per heavy atom. The second-order valence-electron chi connectivity index (χ2n) is 11.8. The van der Waals surface area contributed by atoms with Crippen LogP contribution in [0.15, 0.2) is 96.5 Å². The third-order valence-corrected chi connectivity index (χ3v) is 11.9. The minimum Gasteiger partial charge on any atom is -0.505 e. The van der Waals surface area contributed by atoms with Crippen molar-refractivity contribution >= 4 is 85.7 Å². The number of rotatable bonds is 16. The molecule has 59 heavy (non-hydrogen) atoms. The van der Waals surface area contributed by atoms with Gasteiger partial charge in [0.05, 0.1) is 46.2 Å². The number of azo groups is 1. The van der Waals surface area contributed by atoms with E-state index in [9.17, 15) is 38.8 Å². The summed E-state index contributed by atoms with van der Waals surface area (Å²) in [5, 5.41) is 35.5. The molecule has 1 aromatic heterocycles. The van der Waals surface area contributed by atoms with E-state index in [2.05, 4.69) is 35.8 Å². The number of phenolic OH excluding ortho intramolecular Hbond substituents is 1. The van der Waals surface area contributed by atoms with Crippen molar-refractivity contribution in [2.24, 2.45) is 20.5 Å². The molecule has 0 radical (unpaired) electrons. The van der Waals surface area contributed by atoms with Gasteiger partial charge in [-0.25, -0.2) is 27.1 Å². The van der Waals surface area contributed by atoms with E-state index in [1.54, 1.807) is 13.8 Å². The summed E-state index contributed by atoms with van der Waals surface area (Å²) in [5.41, 5.74) is -1.08. The van der Waals surface area contributed by atoms with Crippen molar-refractivity contribution in [1.82, 2.24) is 27.3 Å². The molecule has 0 fully saturated rings. The fourth-order valence-electron chi connectivity index (χ4n) is 5.05. The number of fused-ring (bicyclic) bond motifs is 1. The zero-order chi connectivity index (χ0) is 41.9. The average Bonchev–Trinajstić information content (AvgIpc) is 3.10. The minimum atomic E-state index is -4.73. The first kappa shape index (κ1) is 47.9. The predicted octanol–water partition coefficient (Wildman–Crippen LogP) is 4.49. The summed E-state index contributed by atoms with van der Waals surface area (Å²) in [6.07, 6.45) is -0.487. The Balaban J connectivity index is 0.00000465. The van der Waals surface area contributed by atoms with Gasteiger partial charge < -0.3 is 32.8 Å². The molecule has 13 N–H and O–H groups in total. The minimum absolute atomic E-state index is 0. The first-order valence-electron chi connectivity index (χ1n) is 16.4. The van der Waals surface area contributed by atoms with Crippen LogP contribution in [0.1, 0.15) is 27.7 Å². The van der Waals surface area contributed by atoms with Crippen molar-refractivity contribution < 1.29 is 51.9 Å². The normalized spacial score (nSPS) is 12.3. The number of para-hydroxylation sites is 1. The van der Waals surface area contributed by atoms with Crippen LogP contribution in [0.2, 0.25) is 0 Å². The zero-order valence-electron chi connectivity index (χ0n) is 31.7. The van der Waals surface area contributed by atoms with Gasteiger partial charge in [-0.05, 0) is 81.6 Å². The Morgan fingerprint density at radius 2 is 1.31 bits per heavy atom. The fraction of sp³-hybridized carbons (Fsp3) is 0.219. The fourth-order valence-corrected chi connectivity index (χ4v) is 8.36. The van der Waals surface area contributed by atoms with E-state index in [-0.39, 0.29) is 81.0 Å². The summed E-state index contributed by atoms with van der Waals surface area (Å²) >= 11 is 0. The van der Waals surface area contributed by atoms with Crippen molar-refractivity contribution in [2.75, 3.05) is 23.8 Å². The van der Waals surface area contributed by atoms with Crippen molar-refractivity contribution in [3.8, 4) is 11.8 Å². The summed E-state index contributed by atoms with van der Waals surface area (Å²) in [6, 6.07) is 13.2. The zero-order valence-corrected chi connectivity index (χ0v) is 35.0. The molecule has 320 valence electrons. The molecule has 0 bridgehead atoms. The third kappa shape index (κ3) is 11.4. The molecule has 0 saturated heterocycles. The topological polar surface area (TPSA) is 394 Å². The summed E-state index contributed by atoms with van der Waals surface area (Å²) in [5.74, 6) is -1.49. The lowest BCUT2D eigenvalue weighted by Gasteiger charge is -2.17. The number of primary sulfonamides is 2. The number of benzene rings is 4. The van der Waals surface area contributed by atoms with Crippen LogP contribution in [-0.4, -0.2) is 73.0 Å². The number of aromatic hydroxyl groups is 1. The molecule has 0 aliphatic carbocycles. The highest BCUT2D eigenvalue weighted by Crippen LogP contribution is 2.46. The van der Waals surface area contributed by atoms with Crippen molar-refractivity contribution in [3.63, 3.8) is 0 Å². The number of nitrogens with two attached hydrogens (primary N) is 2. The van der Waals surface area contributed by atoms with E-state index < -0.39 is 67.6 Å². The molecule has 0 amide bonds. The quantitative estimate of drug-likeness (QED) is 0.0529. The Morgan fingerprint density at radius 3 is 1.90 bits per heavy atom. The molecule has 0 spiro atoms.